The van der Waals surface area contributed by atoms with Gasteiger partial charge in [-0.15, -0.1) is 0 Å². The average molecular weight is 284 g/mol. The molecule has 1 aromatic carbocycles. The summed E-state index contributed by atoms with van der Waals surface area (Å²) in [6.07, 6.45) is 7.78. The summed E-state index contributed by atoms with van der Waals surface area (Å²) in [5.41, 5.74) is 2.49. The maximum absolute atomic E-state index is 5.51. The highest BCUT2D eigenvalue weighted by Crippen LogP contribution is 2.50. The average Bonchev–Trinajstić information content (AvgIpc) is 3.37. The number of rotatable bonds is 5. The van der Waals surface area contributed by atoms with E-state index in [-0.39, 0.29) is 0 Å². The van der Waals surface area contributed by atoms with Crippen LogP contribution in [0.15, 0.2) is 36.5 Å². The Labute approximate surface area is 124 Å². The Bertz CT molecular complexity index is 635. The maximum Gasteiger partial charge on any atom is 0.177 e. The molecule has 0 radical (unpaired) electrons. The Balaban J connectivity index is 1.67. The molecule has 2 fully saturated rings. The van der Waals surface area contributed by atoms with Crippen molar-refractivity contribution in [2.45, 2.75) is 32.2 Å². The van der Waals surface area contributed by atoms with Gasteiger partial charge in [0.2, 0.25) is 0 Å². The number of aromatic amines is 1. The van der Waals surface area contributed by atoms with Crippen LogP contribution in [0.25, 0.3) is 11.3 Å². The first-order valence-corrected chi connectivity index (χ1v) is 8.07. The van der Waals surface area contributed by atoms with Crippen molar-refractivity contribution in [3.63, 3.8) is 0 Å². The number of hydrogen-bond donors (Lipinski definition) is 1. The van der Waals surface area contributed by atoms with Crippen molar-refractivity contribution in [3.8, 4) is 11.3 Å². The quantitative estimate of drug-likeness (QED) is 0.793. The van der Waals surface area contributed by atoms with Gasteiger partial charge in [-0.1, -0.05) is 30.3 Å². The summed E-state index contributed by atoms with van der Waals surface area (Å²) in [4.78, 5) is 3.24. The lowest BCUT2D eigenvalue weighted by Gasteiger charge is -2.18. The highest BCUT2D eigenvalue weighted by atomic mass is 32.1. The van der Waals surface area contributed by atoms with Crippen molar-refractivity contribution >= 4 is 12.2 Å². The molecule has 0 saturated heterocycles. The third-order valence-corrected chi connectivity index (χ3v) is 5.12. The molecule has 1 aromatic heterocycles. The van der Waals surface area contributed by atoms with Gasteiger partial charge in [0, 0.05) is 12.7 Å². The topological polar surface area (TPSA) is 20.7 Å². The van der Waals surface area contributed by atoms with Crippen molar-refractivity contribution in [2.24, 2.45) is 17.8 Å². The normalized spacial score (nSPS) is 18.6. The standard InChI is InChI=1S/C17H20N2S/c20-17-18-10-16(14-4-2-1-3-5-14)19(17)11-15(12-6-7-12)13-8-9-13/h1-5,10,12-13,15H,6-9,11H2,(H,18,20). The van der Waals surface area contributed by atoms with E-state index in [1.807, 2.05) is 0 Å². The van der Waals surface area contributed by atoms with Crippen LogP contribution in [0.3, 0.4) is 0 Å². The van der Waals surface area contributed by atoms with E-state index in [4.69, 9.17) is 12.2 Å². The number of nitrogens with zero attached hydrogens (tertiary/aromatic N) is 1. The van der Waals surface area contributed by atoms with Crippen molar-refractivity contribution < 1.29 is 0 Å². The molecule has 2 nitrogen and oxygen atoms in total. The van der Waals surface area contributed by atoms with Crippen LogP contribution in [0.5, 0.6) is 0 Å². The monoisotopic (exact) mass is 284 g/mol. The molecule has 1 heterocycles. The van der Waals surface area contributed by atoms with E-state index < -0.39 is 0 Å². The number of imidazole rings is 1. The van der Waals surface area contributed by atoms with E-state index in [1.165, 1.54) is 36.9 Å². The Morgan fingerprint density at radius 2 is 1.75 bits per heavy atom. The molecule has 104 valence electrons. The predicted molar refractivity (Wildman–Crippen MR) is 84.0 cm³/mol. The molecule has 0 spiro atoms. The van der Waals surface area contributed by atoms with Gasteiger partial charge in [0.1, 0.15) is 0 Å². The predicted octanol–water partition coefficient (Wildman–Crippen LogP) is 4.65. The third-order valence-electron chi connectivity index (χ3n) is 4.79. The number of benzene rings is 1. The zero-order chi connectivity index (χ0) is 13.5. The summed E-state index contributed by atoms with van der Waals surface area (Å²) in [5, 5.41) is 0. The minimum atomic E-state index is 0.847. The zero-order valence-corrected chi connectivity index (χ0v) is 12.4. The van der Waals surface area contributed by atoms with Crippen LogP contribution >= 0.6 is 12.2 Å². The van der Waals surface area contributed by atoms with Gasteiger partial charge in [-0.2, -0.15) is 0 Å². The Morgan fingerprint density at radius 1 is 1.10 bits per heavy atom. The zero-order valence-electron chi connectivity index (χ0n) is 11.6. The van der Waals surface area contributed by atoms with E-state index in [0.717, 1.165) is 29.1 Å². The molecule has 2 saturated carbocycles. The first-order chi connectivity index (χ1) is 9.83. The van der Waals surface area contributed by atoms with Crippen molar-refractivity contribution in [2.75, 3.05) is 0 Å². The van der Waals surface area contributed by atoms with Crippen LogP contribution < -0.4 is 0 Å². The fourth-order valence-electron chi connectivity index (χ4n) is 3.37. The van der Waals surface area contributed by atoms with Crippen molar-refractivity contribution in [3.05, 3.63) is 41.3 Å². The molecule has 0 bridgehead atoms. The van der Waals surface area contributed by atoms with Crippen LogP contribution in [0.4, 0.5) is 0 Å². The van der Waals surface area contributed by atoms with Gasteiger partial charge in [-0.25, -0.2) is 0 Å². The first-order valence-electron chi connectivity index (χ1n) is 7.66. The molecule has 20 heavy (non-hydrogen) atoms. The van der Waals surface area contributed by atoms with E-state index in [9.17, 15) is 0 Å². The number of nitrogens with one attached hydrogen (secondary N) is 1. The third kappa shape index (κ3) is 2.35. The number of H-pyrrole nitrogens is 1. The smallest absolute Gasteiger partial charge is 0.177 e. The molecule has 0 aliphatic heterocycles. The molecular formula is C17H20N2S. The number of aromatic nitrogens is 2. The molecule has 3 heteroatoms. The second-order valence-electron chi connectivity index (χ2n) is 6.29. The highest BCUT2D eigenvalue weighted by molar-refractivity contribution is 7.71. The number of hydrogen-bond acceptors (Lipinski definition) is 1. The van der Waals surface area contributed by atoms with Gasteiger partial charge in [0.15, 0.2) is 4.77 Å². The van der Waals surface area contributed by atoms with Crippen LogP contribution in [0.1, 0.15) is 25.7 Å². The van der Waals surface area contributed by atoms with Gasteiger partial charge >= 0.3 is 0 Å². The molecule has 0 amide bonds. The Kier molecular flexibility index (Phi) is 3.03. The highest BCUT2D eigenvalue weighted by Gasteiger charge is 2.41. The van der Waals surface area contributed by atoms with E-state index in [2.05, 4.69) is 46.1 Å². The largest absolute Gasteiger partial charge is 0.337 e. The lowest BCUT2D eigenvalue weighted by molar-refractivity contribution is 0.349. The molecule has 4 rings (SSSR count). The summed E-state index contributed by atoms with van der Waals surface area (Å²) in [6, 6.07) is 10.6. The lowest BCUT2D eigenvalue weighted by atomic mass is 9.97. The molecule has 2 aliphatic rings. The summed E-state index contributed by atoms with van der Waals surface area (Å²) in [6.45, 7) is 1.10. The van der Waals surface area contributed by atoms with Crippen molar-refractivity contribution in [1.82, 2.24) is 9.55 Å². The fraction of sp³-hybridized carbons (Fsp3) is 0.471. The van der Waals surface area contributed by atoms with Crippen LogP contribution in [-0.4, -0.2) is 9.55 Å². The van der Waals surface area contributed by atoms with Gasteiger partial charge in [0.25, 0.3) is 0 Å². The van der Waals surface area contributed by atoms with Crippen LogP contribution in [0.2, 0.25) is 0 Å². The molecule has 2 aromatic rings. The Hall–Kier alpha value is -1.35. The molecule has 0 unspecified atom stereocenters. The van der Waals surface area contributed by atoms with Gasteiger partial charge in [-0.05, 0) is 61.2 Å². The molecule has 1 N–H and O–H groups in total. The molecule has 2 aliphatic carbocycles. The van der Waals surface area contributed by atoms with Crippen molar-refractivity contribution in [1.29, 1.82) is 0 Å². The maximum atomic E-state index is 5.51. The van der Waals surface area contributed by atoms with E-state index >= 15 is 0 Å². The van der Waals surface area contributed by atoms with Crippen LogP contribution in [-0.2, 0) is 6.54 Å². The molecule has 0 atom stereocenters. The molecular weight excluding hydrogens is 264 g/mol. The van der Waals surface area contributed by atoms with Crippen LogP contribution in [0, 0.1) is 22.5 Å². The summed E-state index contributed by atoms with van der Waals surface area (Å²) < 4.78 is 3.20. The second kappa shape index (κ2) is 4.88. The lowest BCUT2D eigenvalue weighted by Crippen LogP contribution is -2.15. The minimum Gasteiger partial charge on any atom is -0.337 e. The minimum absolute atomic E-state index is 0.847. The van der Waals surface area contributed by atoms with E-state index in [0.29, 0.717) is 0 Å². The van der Waals surface area contributed by atoms with Gasteiger partial charge in [0.05, 0.1) is 5.69 Å². The SMILES string of the molecule is S=c1[nH]cc(-c2ccccc2)n1CC(C1CC1)C1CC1. The summed E-state index contributed by atoms with van der Waals surface area (Å²) in [5.74, 6) is 2.77. The first kappa shape index (κ1) is 12.4. The summed E-state index contributed by atoms with van der Waals surface area (Å²) >= 11 is 5.51. The summed E-state index contributed by atoms with van der Waals surface area (Å²) in [7, 11) is 0. The van der Waals surface area contributed by atoms with Gasteiger partial charge < -0.3 is 9.55 Å². The van der Waals surface area contributed by atoms with E-state index in [1.54, 1.807) is 0 Å². The Morgan fingerprint density at radius 3 is 2.35 bits per heavy atom. The fourth-order valence-corrected chi connectivity index (χ4v) is 3.60. The second-order valence-corrected chi connectivity index (χ2v) is 6.68. The van der Waals surface area contributed by atoms with Gasteiger partial charge in [-0.3, -0.25) is 0 Å².